The van der Waals surface area contributed by atoms with Crippen LogP contribution in [0.4, 0.5) is 0 Å². The zero-order chi connectivity index (χ0) is 15.1. The van der Waals surface area contributed by atoms with Gasteiger partial charge in [0.1, 0.15) is 0 Å². The predicted octanol–water partition coefficient (Wildman–Crippen LogP) is 4.50. The Morgan fingerprint density at radius 1 is 1.10 bits per heavy atom. The van der Waals surface area contributed by atoms with Gasteiger partial charge in [-0.15, -0.1) is 0 Å². The maximum absolute atomic E-state index is 12.6. The third kappa shape index (κ3) is 4.59. The summed E-state index contributed by atoms with van der Waals surface area (Å²) in [5.74, 6) is 0.0286. The molecule has 0 spiro atoms. The van der Waals surface area contributed by atoms with Gasteiger partial charge in [0.2, 0.25) is 0 Å². The van der Waals surface area contributed by atoms with Crippen LogP contribution in [0, 0.1) is 6.92 Å². The molecule has 0 saturated heterocycles. The Morgan fingerprint density at radius 2 is 1.76 bits per heavy atom. The van der Waals surface area contributed by atoms with Crippen LogP contribution in [0.3, 0.4) is 0 Å². The van der Waals surface area contributed by atoms with E-state index < -0.39 is 0 Å². The van der Waals surface area contributed by atoms with E-state index in [2.05, 4.69) is 0 Å². The quantitative estimate of drug-likeness (QED) is 0.446. The fraction of sp³-hybridized carbons (Fsp3) is 0.167. The molecule has 2 aromatic carbocycles. The summed E-state index contributed by atoms with van der Waals surface area (Å²) in [5.41, 5.74) is 1.84. The van der Waals surface area contributed by atoms with Gasteiger partial charge in [-0.25, -0.2) is 0 Å². The van der Waals surface area contributed by atoms with Crippen LogP contribution >= 0.6 is 11.8 Å². The van der Waals surface area contributed by atoms with Crippen LogP contribution in [-0.2, 0) is 4.74 Å². The smallest absolute Gasteiger partial charge is 0.199 e. The summed E-state index contributed by atoms with van der Waals surface area (Å²) in [6.07, 6.45) is 1.83. The van der Waals surface area contributed by atoms with Crippen molar-refractivity contribution in [3.8, 4) is 0 Å². The number of aryl methyl sites for hydroxylation is 1. The van der Waals surface area contributed by atoms with E-state index in [4.69, 9.17) is 4.74 Å². The lowest BCUT2D eigenvalue weighted by atomic mass is 10.1. The molecule has 0 N–H and O–H groups in total. The molecule has 2 aromatic rings. The number of ketones is 1. The largest absolute Gasteiger partial charge is 0.381 e. The fourth-order valence-electron chi connectivity index (χ4n) is 1.80. The highest BCUT2D eigenvalue weighted by Crippen LogP contribution is 2.29. The second-order valence-corrected chi connectivity index (χ2v) is 5.75. The Labute approximate surface area is 129 Å². The zero-order valence-electron chi connectivity index (χ0n) is 12.2. The number of carbonyl (C=O) groups is 1. The molecule has 0 aromatic heterocycles. The van der Waals surface area contributed by atoms with Crippen LogP contribution in [0.5, 0.6) is 0 Å². The highest BCUT2D eigenvalue weighted by Gasteiger charge is 2.13. The number of hydrogen-bond acceptors (Lipinski definition) is 3. The average molecular weight is 298 g/mol. The summed E-state index contributed by atoms with van der Waals surface area (Å²) >= 11 is 1.47. The van der Waals surface area contributed by atoms with Gasteiger partial charge in [0.15, 0.2) is 5.78 Å². The summed E-state index contributed by atoms with van der Waals surface area (Å²) < 4.78 is 5.07. The number of allylic oxidation sites excluding steroid dienone is 1. The van der Waals surface area contributed by atoms with Crippen molar-refractivity contribution in [2.24, 2.45) is 0 Å². The first-order chi connectivity index (χ1) is 10.2. The fourth-order valence-corrected chi connectivity index (χ4v) is 2.71. The van der Waals surface area contributed by atoms with Gasteiger partial charge in [-0.05, 0) is 25.1 Å². The number of carbonyl (C=O) groups excluding carboxylic acids is 1. The topological polar surface area (TPSA) is 26.3 Å². The third-order valence-electron chi connectivity index (χ3n) is 2.94. The summed E-state index contributed by atoms with van der Waals surface area (Å²) in [5, 5.41) is 0. The maximum Gasteiger partial charge on any atom is 0.199 e. The average Bonchev–Trinajstić information content (AvgIpc) is 2.52. The van der Waals surface area contributed by atoms with Crippen molar-refractivity contribution in [1.29, 1.82) is 0 Å². The lowest BCUT2D eigenvalue weighted by Crippen LogP contribution is -2.02. The maximum atomic E-state index is 12.6. The Morgan fingerprint density at radius 3 is 2.38 bits per heavy atom. The van der Waals surface area contributed by atoms with E-state index in [1.165, 1.54) is 11.8 Å². The molecule has 0 aliphatic rings. The number of thioether (sulfide) groups is 1. The van der Waals surface area contributed by atoms with Crippen LogP contribution in [0.2, 0.25) is 0 Å². The van der Waals surface area contributed by atoms with E-state index in [0.717, 1.165) is 10.5 Å². The molecular weight excluding hydrogens is 280 g/mol. The lowest BCUT2D eigenvalue weighted by Gasteiger charge is -2.07. The Kier molecular flexibility index (Phi) is 5.78. The van der Waals surface area contributed by atoms with Gasteiger partial charge in [0.25, 0.3) is 0 Å². The van der Waals surface area contributed by atoms with Crippen LogP contribution in [0.15, 0.2) is 70.5 Å². The van der Waals surface area contributed by atoms with Gasteiger partial charge in [-0.3, -0.25) is 4.79 Å². The molecule has 2 rings (SSSR count). The number of hydrogen-bond donors (Lipinski definition) is 0. The van der Waals surface area contributed by atoms with Gasteiger partial charge in [-0.2, -0.15) is 0 Å². The number of rotatable bonds is 6. The molecule has 0 amide bonds. The minimum absolute atomic E-state index is 0.0286. The molecular formula is C18H18O2S. The Bertz CT molecular complexity index is 615. The summed E-state index contributed by atoms with van der Waals surface area (Å²) in [4.78, 5) is 14.4. The predicted molar refractivity (Wildman–Crippen MR) is 87.8 cm³/mol. The first-order valence-electron chi connectivity index (χ1n) is 6.74. The van der Waals surface area contributed by atoms with Crippen molar-refractivity contribution in [3.05, 3.63) is 76.7 Å². The molecule has 0 unspecified atom stereocenters. The standard InChI is InChI=1S/C18H18O2S/c1-14-8-10-15(11-9-14)18(19)17(12-13-20-2)21-16-6-4-3-5-7-16/h3-12H,13H2,1-2H3/b17-12-. The van der Waals surface area contributed by atoms with Crippen LogP contribution < -0.4 is 0 Å². The van der Waals surface area contributed by atoms with Crippen molar-refractivity contribution in [2.45, 2.75) is 11.8 Å². The SMILES string of the molecule is COC/C=C(\Sc1ccccc1)C(=O)c1ccc(C)cc1. The normalized spacial score (nSPS) is 11.4. The van der Waals surface area contributed by atoms with Crippen molar-refractivity contribution < 1.29 is 9.53 Å². The molecule has 108 valence electrons. The van der Waals surface area contributed by atoms with Crippen molar-refractivity contribution >= 4 is 17.5 Å². The molecule has 0 radical (unpaired) electrons. The second-order valence-electron chi connectivity index (χ2n) is 4.63. The molecule has 0 bridgehead atoms. The van der Waals surface area contributed by atoms with Crippen LogP contribution in [0.1, 0.15) is 15.9 Å². The second kappa shape index (κ2) is 7.81. The van der Waals surface area contributed by atoms with Gasteiger partial charge in [0, 0.05) is 17.6 Å². The van der Waals surface area contributed by atoms with E-state index in [9.17, 15) is 4.79 Å². The minimum atomic E-state index is 0.0286. The van der Waals surface area contributed by atoms with E-state index in [0.29, 0.717) is 17.1 Å². The van der Waals surface area contributed by atoms with Crippen molar-refractivity contribution in [2.75, 3.05) is 13.7 Å². The minimum Gasteiger partial charge on any atom is -0.381 e. The highest BCUT2D eigenvalue weighted by molar-refractivity contribution is 8.04. The van der Waals surface area contributed by atoms with E-state index in [1.807, 2.05) is 67.6 Å². The number of ether oxygens (including phenoxy) is 1. The molecule has 0 aliphatic heterocycles. The third-order valence-corrected chi connectivity index (χ3v) is 4.02. The Balaban J connectivity index is 2.23. The first-order valence-corrected chi connectivity index (χ1v) is 7.55. The summed E-state index contributed by atoms with van der Waals surface area (Å²) in [7, 11) is 1.62. The summed E-state index contributed by atoms with van der Waals surface area (Å²) in [6.45, 7) is 2.43. The monoisotopic (exact) mass is 298 g/mol. The summed E-state index contributed by atoms with van der Waals surface area (Å²) in [6, 6.07) is 17.5. The van der Waals surface area contributed by atoms with Gasteiger partial charge in [-0.1, -0.05) is 59.8 Å². The van der Waals surface area contributed by atoms with E-state index >= 15 is 0 Å². The number of methoxy groups -OCH3 is 1. The molecule has 3 heteroatoms. The number of Topliss-reactive ketones (excluding diaryl/α,β-unsaturated/α-hetero) is 1. The molecule has 0 atom stereocenters. The van der Waals surface area contributed by atoms with Crippen molar-refractivity contribution in [1.82, 2.24) is 0 Å². The number of benzene rings is 2. The molecule has 0 fully saturated rings. The van der Waals surface area contributed by atoms with E-state index in [-0.39, 0.29) is 5.78 Å². The molecule has 0 heterocycles. The molecule has 0 saturated carbocycles. The molecule has 0 aliphatic carbocycles. The first kappa shape index (κ1) is 15.5. The van der Waals surface area contributed by atoms with Gasteiger partial charge in [0.05, 0.1) is 11.5 Å². The zero-order valence-corrected chi connectivity index (χ0v) is 13.0. The van der Waals surface area contributed by atoms with E-state index in [1.54, 1.807) is 7.11 Å². The van der Waals surface area contributed by atoms with Gasteiger partial charge >= 0.3 is 0 Å². The van der Waals surface area contributed by atoms with Crippen LogP contribution in [0.25, 0.3) is 0 Å². The highest BCUT2D eigenvalue weighted by atomic mass is 32.2. The Hall–Kier alpha value is -1.84. The van der Waals surface area contributed by atoms with Crippen LogP contribution in [-0.4, -0.2) is 19.5 Å². The van der Waals surface area contributed by atoms with Gasteiger partial charge < -0.3 is 4.74 Å². The molecule has 2 nitrogen and oxygen atoms in total. The van der Waals surface area contributed by atoms with Crippen molar-refractivity contribution in [3.63, 3.8) is 0 Å². The lowest BCUT2D eigenvalue weighted by molar-refractivity contribution is 0.104. The molecule has 21 heavy (non-hydrogen) atoms.